The van der Waals surface area contributed by atoms with Crippen molar-refractivity contribution >= 4 is 23.2 Å². The zero-order chi connectivity index (χ0) is 17.6. The molecule has 0 unspecified atom stereocenters. The SMILES string of the molecule is O=C(NNc1ncnc(NC2CCCC2)c1[N+](=O)[O-])c1cccnc1. The van der Waals surface area contributed by atoms with E-state index < -0.39 is 10.8 Å². The summed E-state index contributed by atoms with van der Waals surface area (Å²) in [4.78, 5) is 34.6. The standard InChI is InChI=1S/C15H17N7O3/c23-15(10-4-3-7-16-8-10)21-20-14-12(22(24)25)13(17-9-18-14)19-11-5-1-2-6-11/h3-4,7-9,11H,1-2,5-6H2,(H,21,23)(H2,17,18,19,20). The van der Waals surface area contributed by atoms with Crippen LogP contribution in [0.4, 0.5) is 17.3 Å². The molecule has 1 aliphatic rings. The number of hydrogen-bond donors (Lipinski definition) is 3. The smallest absolute Gasteiger partial charge is 0.354 e. The first kappa shape index (κ1) is 16.6. The monoisotopic (exact) mass is 343 g/mol. The molecule has 0 radical (unpaired) electrons. The van der Waals surface area contributed by atoms with Crippen LogP contribution in [0.2, 0.25) is 0 Å². The van der Waals surface area contributed by atoms with Crippen LogP contribution in [0.1, 0.15) is 36.0 Å². The average molecular weight is 343 g/mol. The zero-order valence-electron chi connectivity index (χ0n) is 13.3. The van der Waals surface area contributed by atoms with Gasteiger partial charge in [0.25, 0.3) is 5.91 Å². The highest BCUT2D eigenvalue weighted by molar-refractivity contribution is 5.94. The lowest BCUT2D eigenvalue weighted by molar-refractivity contribution is -0.383. The average Bonchev–Trinajstić information content (AvgIpc) is 3.13. The van der Waals surface area contributed by atoms with Gasteiger partial charge in [0.05, 0.1) is 10.5 Å². The van der Waals surface area contributed by atoms with Crippen molar-refractivity contribution in [2.75, 3.05) is 10.7 Å². The Hall–Kier alpha value is -3.30. The summed E-state index contributed by atoms with van der Waals surface area (Å²) in [6.07, 6.45) is 8.21. The Morgan fingerprint density at radius 2 is 2.00 bits per heavy atom. The summed E-state index contributed by atoms with van der Waals surface area (Å²) < 4.78 is 0. The number of hydrogen-bond acceptors (Lipinski definition) is 8. The van der Waals surface area contributed by atoms with Crippen LogP contribution >= 0.6 is 0 Å². The van der Waals surface area contributed by atoms with Crippen molar-refractivity contribution in [2.24, 2.45) is 0 Å². The lowest BCUT2D eigenvalue weighted by atomic mass is 10.2. The van der Waals surface area contributed by atoms with E-state index in [1.807, 2.05) is 0 Å². The summed E-state index contributed by atoms with van der Waals surface area (Å²) in [6.45, 7) is 0. The van der Waals surface area contributed by atoms with Gasteiger partial charge in [0.15, 0.2) is 0 Å². The molecule has 2 aromatic heterocycles. The van der Waals surface area contributed by atoms with Gasteiger partial charge in [0.2, 0.25) is 11.6 Å². The molecular weight excluding hydrogens is 326 g/mol. The number of hydrazine groups is 1. The van der Waals surface area contributed by atoms with E-state index in [9.17, 15) is 14.9 Å². The van der Waals surface area contributed by atoms with Crippen molar-refractivity contribution in [1.29, 1.82) is 0 Å². The second-order valence-electron chi connectivity index (χ2n) is 5.62. The van der Waals surface area contributed by atoms with Gasteiger partial charge in [-0.3, -0.25) is 30.7 Å². The summed E-state index contributed by atoms with van der Waals surface area (Å²) in [7, 11) is 0. The van der Waals surface area contributed by atoms with Crippen molar-refractivity contribution in [1.82, 2.24) is 20.4 Å². The van der Waals surface area contributed by atoms with Gasteiger partial charge < -0.3 is 5.32 Å². The van der Waals surface area contributed by atoms with Gasteiger partial charge in [-0.2, -0.15) is 0 Å². The highest BCUT2D eigenvalue weighted by Gasteiger charge is 2.26. The summed E-state index contributed by atoms with van der Waals surface area (Å²) in [5.41, 5.74) is 4.89. The fraction of sp³-hybridized carbons (Fsp3) is 0.333. The molecule has 3 rings (SSSR count). The molecule has 1 amide bonds. The first-order valence-electron chi connectivity index (χ1n) is 7.87. The molecule has 25 heavy (non-hydrogen) atoms. The number of amides is 1. The minimum Gasteiger partial charge on any atom is -0.361 e. The fourth-order valence-electron chi connectivity index (χ4n) is 2.70. The Morgan fingerprint density at radius 1 is 1.24 bits per heavy atom. The maximum atomic E-state index is 12.0. The van der Waals surface area contributed by atoms with Gasteiger partial charge in [-0.25, -0.2) is 9.97 Å². The largest absolute Gasteiger partial charge is 0.361 e. The third kappa shape index (κ3) is 3.97. The summed E-state index contributed by atoms with van der Waals surface area (Å²) in [5.74, 6) is -0.422. The highest BCUT2D eigenvalue weighted by atomic mass is 16.6. The Bertz CT molecular complexity index is 763. The van der Waals surface area contributed by atoms with E-state index in [0.29, 0.717) is 5.56 Å². The lowest BCUT2D eigenvalue weighted by Gasteiger charge is -2.14. The summed E-state index contributed by atoms with van der Waals surface area (Å²) >= 11 is 0. The van der Waals surface area contributed by atoms with E-state index in [-0.39, 0.29) is 23.4 Å². The highest BCUT2D eigenvalue weighted by Crippen LogP contribution is 2.31. The molecule has 2 aromatic rings. The number of carbonyl (C=O) groups is 1. The molecule has 1 aliphatic carbocycles. The molecule has 0 aliphatic heterocycles. The second kappa shape index (κ2) is 7.51. The number of aromatic nitrogens is 3. The van der Waals surface area contributed by atoms with Crippen LogP contribution in [0.5, 0.6) is 0 Å². The third-order valence-electron chi connectivity index (χ3n) is 3.92. The maximum Gasteiger partial charge on any atom is 0.354 e. The number of pyridine rings is 1. The number of nitrogens with zero attached hydrogens (tertiary/aromatic N) is 4. The van der Waals surface area contributed by atoms with Gasteiger partial charge in [0.1, 0.15) is 6.33 Å². The molecule has 10 nitrogen and oxygen atoms in total. The van der Waals surface area contributed by atoms with E-state index >= 15 is 0 Å². The van der Waals surface area contributed by atoms with E-state index in [1.54, 1.807) is 18.3 Å². The Kier molecular flexibility index (Phi) is 4.97. The molecule has 130 valence electrons. The number of anilines is 2. The minimum absolute atomic E-state index is 0.0854. The molecule has 10 heteroatoms. The predicted molar refractivity (Wildman–Crippen MR) is 89.9 cm³/mol. The molecule has 3 N–H and O–H groups in total. The topological polar surface area (TPSA) is 135 Å². The number of nitrogens with one attached hydrogen (secondary N) is 3. The third-order valence-corrected chi connectivity index (χ3v) is 3.92. The van der Waals surface area contributed by atoms with Gasteiger partial charge in [-0.05, 0) is 25.0 Å². The fourth-order valence-corrected chi connectivity index (χ4v) is 2.70. The van der Waals surface area contributed by atoms with Crippen LogP contribution < -0.4 is 16.2 Å². The minimum atomic E-state index is -0.574. The maximum absolute atomic E-state index is 12.0. The first-order chi connectivity index (χ1) is 12.1. The quantitative estimate of drug-likeness (QED) is 0.534. The number of carbonyl (C=O) groups excluding carboxylic acids is 1. The van der Waals surface area contributed by atoms with E-state index in [0.717, 1.165) is 25.7 Å². The molecule has 1 fully saturated rings. The molecule has 0 saturated heterocycles. The predicted octanol–water partition coefficient (Wildman–Crippen LogP) is 1.89. The normalized spacial score (nSPS) is 14.1. The van der Waals surface area contributed by atoms with Crippen LogP contribution in [0, 0.1) is 10.1 Å². The van der Waals surface area contributed by atoms with Crippen LogP contribution in [-0.2, 0) is 0 Å². The molecule has 0 spiro atoms. The molecule has 0 bridgehead atoms. The molecule has 2 heterocycles. The van der Waals surface area contributed by atoms with Gasteiger partial charge in [-0.15, -0.1) is 0 Å². The van der Waals surface area contributed by atoms with Crippen molar-refractivity contribution in [3.8, 4) is 0 Å². The number of nitro groups is 1. The van der Waals surface area contributed by atoms with E-state index in [1.165, 1.54) is 12.5 Å². The van der Waals surface area contributed by atoms with Crippen LogP contribution in [-0.4, -0.2) is 31.8 Å². The Balaban J connectivity index is 1.76. The van der Waals surface area contributed by atoms with E-state index in [2.05, 4.69) is 31.1 Å². The van der Waals surface area contributed by atoms with Crippen LogP contribution in [0.3, 0.4) is 0 Å². The van der Waals surface area contributed by atoms with Gasteiger partial charge in [-0.1, -0.05) is 12.8 Å². The van der Waals surface area contributed by atoms with Crippen LogP contribution in [0.25, 0.3) is 0 Å². The Labute approximate surface area is 143 Å². The molecule has 0 atom stereocenters. The van der Waals surface area contributed by atoms with Gasteiger partial charge >= 0.3 is 5.69 Å². The first-order valence-corrected chi connectivity index (χ1v) is 7.87. The van der Waals surface area contributed by atoms with Crippen molar-refractivity contribution in [2.45, 2.75) is 31.7 Å². The van der Waals surface area contributed by atoms with Crippen molar-refractivity contribution < 1.29 is 9.72 Å². The Morgan fingerprint density at radius 3 is 2.68 bits per heavy atom. The molecular formula is C15H17N7O3. The number of rotatable bonds is 6. The summed E-state index contributed by atoms with van der Waals surface area (Å²) in [5, 5.41) is 14.5. The second-order valence-corrected chi connectivity index (χ2v) is 5.62. The van der Waals surface area contributed by atoms with E-state index in [4.69, 9.17) is 0 Å². The van der Waals surface area contributed by atoms with Crippen molar-refractivity contribution in [3.63, 3.8) is 0 Å². The molecule has 1 saturated carbocycles. The summed E-state index contributed by atoms with van der Waals surface area (Å²) in [6, 6.07) is 3.35. The molecule has 0 aromatic carbocycles. The van der Waals surface area contributed by atoms with Crippen molar-refractivity contribution in [3.05, 3.63) is 46.5 Å². The van der Waals surface area contributed by atoms with Crippen LogP contribution in [0.15, 0.2) is 30.9 Å². The lowest BCUT2D eigenvalue weighted by Crippen LogP contribution is -2.30. The zero-order valence-corrected chi connectivity index (χ0v) is 13.3. The van der Waals surface area contributed by atoms with Gasteiger partial charge in [0, 0.05) is 18.4 Å².